The standard InChI is InChI=1S/C21H23FN4O4S/c1-10-17-20(24-9-25-21(17)31-18(10)19(23)27)26-13-5-4-11(22)6-14(13)30-12-7-15(28-2)16(8-12)29-3/h4-6,9,12,15-16H,7-8H2,1-3H3,(H2,23,27)(H,24,25,26)/t12?,15-,16+. The van der Waals surface area contributed by atoms with Gasteiger partial charge >= 0.3 is 0 Å². The van der Waals surface area contributed by atoms with Crippen molar-refractivity contribution in [2.24, 2.45) is 5.73 Å². The molecule has 0 spiro atoms. The van der Waals surface area contributed by atoms with Crippen molar-refractivity contribution in [1.82, 2.24) is 9.97 Å². The van der Waals surface area contributed by atoms with Crippen LogP contribution < -0.4 is 15.8 Å². The summed E-state index contributed by atoms with van der Waals surface area (Å²) in [6.07, 6.45) is 2.32. The average molecular weight is 447 g/mol. The van der Waals surface area contributed by atoms with Crippen LogP contribution in [0.5, 0.6) is 5.75 Å². The number of carbonyl (C=O) groups excluding carboxylic acids is 1. The summed E-state index contributed by atoms with van der Waals surface area (Å²) in [7, 11) is 3.27. The van der Waals surface area contributed by atoms with E-state index in [0.29, 0.717) is 50.8 Å². The topological polar surface area (TPSA) is 109 Å². The molecule has 3 aromatic rings. The predicted molar refractivity (Wildman–Crippen MR) is 116 cm³/mol. The van der Waals surface area contributed by atoms with Crippen LogP contribution in [0.2, 0.25) is 0 Å². The molecule has 31 heavy (non-hydrogen) atoms. The Morgan fingerprint density at radius 2 is 1.94 bits per heavy atom. The van der Waals surface area contributed by atoms with Crippen LogP contribution in [-0.4, -0.2) is 48.4 Å². The van der Waals surface area contributed by atoms with E-state index in [1.54, 1.807) is 27.2 Å². The Morgan fingerprint density at radius 1 is 1.23 bits per heavy atom. The van der Waals surface area contributed by atoms with Crippen LogP contribution in [-0.2, 0) is 9.47 Å². The minimum absolute atomic E-state index is 0.0814. The third kappa shape index (κ3) is 4.18. The number of nitrogens with two attached hydrogens (primary N) is 1. The van der Waals surface area contributed by atoms with Crippen LogP contribution in [0.1, 0.15) is 28.1 Å². The number of aromatic nitrogens is 2. The molecule has 1 fully saturated rings. The zero-order valence-electron chi connectivity index (χ0n) is 17.3. The summed E-state index contributed by atoms with van der Waals surface area (Å²) in [5.74, 6) is -0.0929. The van der Waals surface area contributed by atoms with E-state index in [4.69, 9.17) is 19.9 Å². The quantitative estimate of drug-likeness (QED) is 0.571. The Bertz CT molecular complexity index is 1110. The van der Waals surface area contributed by atoms with Gasteiger partial charge in [0.1, 0.15) is 34.6 Å². The fourth-order valence-corrected chi connectivity index (χ4v) is 4.92. The number of carbonyl (C=O) groups is 1. The molecule has 2 heterocycles. The number of fused-ring (bicyclic) bond motifs is 1. The number of nitrogens with zero attached hydrogens (tertiary/aromatic N) is 2. The van der Waals surface area contributed by atoms with Gasteiger partial charge in [0.15, 0.2) is 0 Å². The molecule has 0 saturated heterocycles. The number of hydrogen-bond acceptors (Lipinski definition) is 8. The van der Waals surface area contributed by atoms with Gasteiger partial charge in [-0.15, -0.1) is 11.3 Å². The highest BCUT2D eigenvalue weighted by Gasteiger charge is 2.36. The van der Waals surface area contributed by atoms with Crippen molar-refractivity contribution in [2.45, 2.75) is 38.1 Å². The lowest BCUT2D eigenvalue weighted by molar-refractivity contribution is -0.0157. The van der Waals surface area contributed by atoms with E-state index in [2.05, 4.69) is 15.3 Å². The van der Waals surface area contributed by atoms with E-state index < -0.39 is 11.7 Å². The molecule has 4 rings (SSSR count). The van der Waals surface area contributed by atoms with Crippen molar-refractivity contribution < 1.29 is 23.4 Å². The first-order chi connectivity index (χ1) is 14.9. The Morgan fingerprint density at radius 3 is 2.58 bits per heavy atom. The Balaban J connectivity index is 1.65. The molecule has 3 atom stereocenters. The molecule has 2 aromatic heterocycles. The molecule has 0 radical (unpaired) electrons. The van der Waals surface area contributed by atoms with Crippen LogP contribution in [0.4, 0.5) is 15.9 Å². The van der Waals surface area contributed by atoms with Crippen LogP contribution in [0.25, 0.3) is 10.2 Å². The second-order valence-electron chi connectivity index (χ2n) is 7.35. The van der Waals surface area contributed by atoms with Crippen molar-refractivity contribution in [3.63, 3.8) is 0 Å². The molecule has 10 heteroatoms. The lowest BCUT2D eigenvalue weighted by Gasteiger charge is -2.18. The minimum Gasteiger partial charge on any atom is -0.488 e. The van der Waals surface area contributed by atoms with Crippen molar-refractivity contribution in [3.8, 4) is 5.75 Å². The van der Waals surface area contributed by atoms with Gasteiger partial charge in [-0.1, -0.05) is 0 Å². The summed E-state index contributed by atoms with van der Waals surface area (Å²) in [6.45, 7) is 1.80. The number of amides is 1. The van der Waals surface area contributed by atoms with E-state index in [-0.39, 0.29) is 18.3 Å². The summed E-state index contributed by atoms with van der Waals surface area (Å²) >= 11 is 1.21. The third-order valence-electron chi connectivity index (χ3n) is 5.45. The van der Waals surface area contributed by atoms with Gasteiger partial charge in [-0.25, -0.2) is 14.4 Å². The number of benzene rings is 1. The lowest BCUT2D eigenvalue weighted by atomic mass is 10.2. The van der Waals surface area contributed by atoms with E-state index in [9.17, 15) is 9.18 Å². The zero-order chi connectivity index (χ0) is 22.1. The van der Waals surface area contributed by atoms with Gasteiger partial charge in [-0.05, 0) is 24.6 Å². The van der Waals surface area contributed by atoms with Gasteiger partial charge in [-0.2, -0.15) is 0 Å². The van der Waals surface area contributed by atoms with Gasteiger partial charge < -0.3 is 25.3 Å². The summed E-state index contributed by atoms with van der Waals surface area (Å²) in [4.78, 5) is 21.4. The molecule has 1 saturated carbocycles. The molecule has 1 aliphatic carbocycles. The maximum absolute atomic E-state index is 14.0. The molecule has 164 valence electrons. The summed E-state index contributed by atoms with van der Waals surface area (Å²) < 4.78 is 31.1. The number of nitrogens with one attached hydrogen (secondary N) is 1. The molecule has 0 aliphatic heterocycles. The molecular formula is C21H23FN4O4S. The van der Waals surface area contributed by atoms with Crippen molar-refractivity contribution in [3.05, 3.63) is 40.8 Å². The molecule has 8 nitrogen and oxygen atoms in total. The van der Waals surface area contributed by atoms with E-state index in [1.165, 1.54) is 29.8 Å². The van der Waals surface area contributed by atoms with Crippen molar-refractivity contribution in [1.29, 1.82) is 0 Å². The Hall–Kier alpha value is -2.82. The lowest BCUT2D eigenvalue weighted by Crippen LogP contribution is -2.23. The third-order valence-corrected chi connectivity index (χ3v) is 6.67. The van der Waals surface area contributed by atoms with Crippen LogP contribution in [0.15, 0.2) is 24.5 Å². The van der Waals surface area contributed by atoms with E-state index in [0.717, 1.165) is 0 Å². The summed E-state index contributed by atoms with van der Waals surface area (Å²) in [5.41, 5.74) is 6.72. The fraction of sp³-hybridized carbons (Fsp3) is 0.381. The van der Waals surface area contributed by atoms with Crippen LogP contribution in [0, 0.1) is 12.7 Å². The van der Waals surface area contributed by atoms with Gasteiger partial charge in [0.05, 0.1) is 28.2 Å². The highest BCUT2D eigenvalue weighted by molar-refractivity contribution is 7.20. The number of ether oxygens (including phenoxy) is 3. The van der Waals surface area contributed by atoms with Crippen LogP contribution in [0.3, 0.4) is 0 Å². The second kappa shape index (κ2) is 8.74. The van der Waals surface area contributed by atoms with Gasteiger partial charge in [0.25, 0.3) is 5.91 Å². The molecule has 1 aromatic carbocycles. The first-order valence-corrected chi connectivity index (χ1v) is 10.6. The van der Waals surface area contributed by atoms with Crippen LogP contribution >= 0.6 is 11.3 Å². The molecule has 0 bridgehead atoms. The SMILES string of the molecule is CO[C@H]1CC(Oc2cc(F)ccc2Nc2ncnc3sc(C(N)=O)c(C)c23)C[C@H]1OC. The zero-order valence-corrected chi connectivity index (χ0v) is 18.2. The Labute approximate surface area is 182 Å². The van der Waals surface area contributed by atoms with Gasteiger partial charge in [0, 0.05) is 33.1 Å². The van der Waals surface area contributed by atoms with Gasteiger partial charge in [-0.3, -0.25) is 4.79 Å². The highest BCUT2D eigenvalue weighted by atomic mass is 32.1. The molecule has 1 unspecified atom stereocenters. The number of halogens is 1. The largest absolute Gasteiger partial charge is 0.488 e. The summed E-state index contributed by atoms with van der Waals surface area (Å²) in [5, 5.41) is 3.90. The van der Waals surface area contributed by atoms with E-state index >= 15 is 0 Å². The normalized spacial score (nSPS) is 20.8. The minimum atomic E-state index is -0.515. The maximum atomic E-state index is 14.0. The molecule has 1 amide bonds. The number of primary amides is 1. The first kappa shape index (κ1) is 21.4. The maximum Gasteiger partial charge on any atom is 0.259 e. The van der Waals surface area contributed by atoms with Crippen molar-refractivity contribution >= 4 is 39.0 Å². The highest BCUT2D eigenvalue weighted by Crippen LogP contribution is 2.37. The molecular weight excluding hydrogens is 423 g/mol. The number of methoxy groups -OCH3 is 2. The number of rotatable bonds is 7. The number of hydrogen-bond donors (Lipinski definition) is 2. The van der Waals surface area contributed by atoms with Crippen molar-refractivity contribution in [2.75, 3.05) is 19.5 Å². The van der Waals surface area contributed by atoms with Gasteiger partial charge in [0.2, 0.25) is 0 Å². The summed E-state index contributed by atoms with van der Waals surface area (Å²) in [6, 6.07) is 4.26. The number of aryl methyl sites for hydroxylation is 1. The number of anilines is 2. The smallest absolute Gasteiger partial charge is 0.259 e. The second-order valence-corrected chi connectivity index (χ2v) is 8.35. The first-order valence-electron chi connectivity index (χ1n) is 9.74. The molecule has 3 N–H and O–H groups in total. The monoisotopic (exact) mass is 446 g/mol. The average Bonchev–Trinajstić information content (AvgIpc) is 3.31. The number of thiophene rings is 1. The Kier molecular flexibility index (Phi) is 6.03. The molecule has 1 aliphatic rings. The predicted octanol–water partition coefficient (Wildman–Crippen LogP) is 3.55. The fourth-order valence-electron chi connectivity index (χ4n) is 3.92. The van der Waals surface area contributed by atoms with E-state index in [1.807, 2.05) is 0 Å².